The Balaban J connectivity index is 2.68. The van der Waals surface area contributed by atoms with E-state index >= 15 is 0 Å². The van der Waals surface area contributed by atoms with Crippen LogP contribution in [0.3, 0.4) is 0 Å². The second kappa shape index (κ2) is 6.73. The molecule has 0 heterocycles. The molecule has 0 bridgehead atoms. The number of nitrogen functional groups attached to an aromatic ring is 1. The summed E-state index contributed by atoms with van der Waals surface area (Å²) in [4.78, 5) is 0. The zero-order chi connectivity index (χ0) is 12.0. The van der Waals surface area contributed by atoms with Crippen LogP contribution in [0.4, 0.5) is 11.4 Å². The zero-order valence-corrected chi connectivity index (χ0v) is 10.8. The Kier molecular flexibility index (Phi) is 5.59. The van der Waals surface area contributed by atoms with E-state index in [9.17, 15) is 0 Å². The van der Waals surface area contributed by atoms with Gasteiger partial charge in [0.05, 0.1) is 24.0 Å². The molecule has 4 nitrogen and oxygen atoms in total. The van der Waals surface area contributed by atoms with Gasteiger partial charge in [0.25, 0.3) is 0 Å². The van der Waals surface area contributed by atoms with Crippen LogP contribution in [0.25, 0.3) is 0 Å². The minimum atomic E-state index is 0.0680. The Hall–Kier alpha value is -0.780. The molecule has 0 amide bonds. The summed E-state index contributed by atoms with van der Waals surface area (Å²) in [5.41, 5.74) is 7.40. The molecule has 0 aromatic heterocycles. The van der Waals surface area contributed by atoms with E-state index in [4.69, 9.17) is 15.6 Å². The van der Waals surface area contributed by atoms with Crippen molar-refractivity contribution in [3.05, 3.63) is 22.7 Å². The molecule has 1 aromatic carbocycles. The van der Waals surface area contributed by atoms with E-state index in [0.29, 0.717) is 18.7 Å². The van der Waals surface area contributed by atoms with Crippen molar-refractivity contribution in [3.8, 4) is 0 Å². The molecule has 1 atom stereocenters. The van der Waals surface area contributed by atoms with Gasteiger partial charge in [-0.3, -0.25) is 0 Å². The number of benzene rings is 1. The van der Waals surface area contributed by atoms with Gasteiger partial charge in [0, 0.05) is 18.2 Å². The summed E-state index contributed by atoms with van der Waals surface area (Å²) in [7, 11) is 1.64. The zero-order valence-electron chi connectivity index (χ0n) is 9.24. The number of nitrogens with one attached hydrogen (secondary N) is 1. The maximum absolute atomic E-state index is 8.92. The van der Waals surface area contributed by atoms with Crippen molar-refractivity contribution in [2.24, 2.45) is 0 Å². The average Bonchev–Trinajstić information content (AvgIpc) is 2.23. The first-order valence-corrected chi connectivity index (χ1v) is 5.88. The van der Waals surface area contributed by atoms with Crippen LogP contribution in [-0.4, -0.2) is 31.5 Å². The van der Waals surface area contributed by atoms with E-state index in [1.165, 1.54) is 0 Å². The summed E-state index contributed by atoms with van der Waals surface area (Å²) in [5, 5.41) is 12.2. The molecular formula is C11H17BrN2O2. The Morgan fingerprint density at radius 2 is 2.31 bits per heavy atom. The second-order valence-electron chi connectivity index (χ2n) is 3.54. The van der Waals surface area contributed by atoms with Gasteiger partial charge in [-0.2, -0.15) is 0 Å². The number of hydrogen-bond acceptors (Lipinski definition) is 4. The monoisotopic (exact) mass is 288 g/mol. The molecule has 1 unspecified atom stereocenters. The van der Waals surface area contributed by atoms with Crippen LogP contribution >= 0.6 is 15.9 Å². The number of methoxy groups -OCH3 is 1. The van der Waals surface area contributed by atoms with Gasteiger partial charge in [0.2, 0.25) is 0 Å². The number of anilines is 2. The third kappa shape index (κ3) is 4.00. The summed E-state index contributed by atoms with van der Waals surface area (Å²) in [6, 6.07) is 5.73. The first-order valence-electron chi connectivity index (χ1n) is 5.08. The summed E-state index contributed by atoms with van der Waals surface area (Å²) in [5.74, 6) is 0. The third-order valence-electron chi connectivity index (χ3n) is 2.22. The van der Waals surface area contributed by atoms with Crippen molar-refractivity contribution in [2.75, 3.05) is 31.4 Å². The molecule has 0 fully saturated rings. The molecule has 0 saturated carbocycles. The van der Waals surface area contributed by atoms with E-state index in [1.54, 1.807) is 7.11 Å². The molecule has 0 spiro atoms. The number of aliphatic hydroxyl groups excluding tert-OH is 1. The predicted octanol–water partition coefficient (Wildman–Crippen LogP) is 1.84. The Morgan fingerprint density at radius 1 is 1.56 bits per heavy atom. The molecule has 90 valence electrons. The summed E-state index contributed by atoms with van der Waals surface area (Å²) in [6.07, 6.45) is 0.628. The van der Waals surface area contributed by atoms with Gasteiger partial charge in [0.15, 0.2) is 0 Å². The highest BCUT2D eigenvalue weighted by atomic mass is 79.9. The maximum Gasteiger partial charge on any atom is 0.0664 e. The summed E-state index contributed by atoms with van der Waals surface area (Å²) in [6.45, 7) is 0.660. The Bertz CT molecular complexity index is 328. The lowest BCUT2D eigenvalue weighted by Crippen LogP contribution is -2.26. The average molecular weight is 289 g/mol. The van der Waals surface area contributed by atoms with E-state index in [2.05, 4.69) is 21.2 Å². The Morgan fingerprint density at radius 3 is 2.88 bits per heavy atom. The smallest absolute Gasteiger partial charge is 0.0664 e. The van der Waals surface area contributed by atoms with Gasteiger partial charge in [0.1, 0.15) is 0 Å². The van der Waals surface area contributed by atoms with Crippen molar-refractivity contribution in [2.45, 2.75) is 12.5 Å². The molecule has 0 aliphatic carbocycles. The Labute approximate surface area is 104 Å². The lowest BCUT2D eigenvalue weighted by atomic mass is 10.2. The fourth-order valence-corrected chi connectivity index (χ4v) is 1.82. The predicted molar refractivity (Wildman–Crippen MR) is 69.5 cm³/mol. The van der Waals surface area contributed by atoms with Crippen LogP contribution in [0.5, 0.6) is 0 Å². The van der Waals surface area contributed by atoms with Crippen molar-refractivity contribution >= 4 is 27.3 Å². The summed E-state index contributed by atoms with van der Waals surface area (Å²) >= 11 is 3.35. The lowest BCUT2D eigenvalue weighted by molar-refractivity contribution is 0.170. The molecule has 0 aliphatic rings. The van der Waals surface area contributed by atoms with Crippen LogP contribution in [0.1, 0.15) is 6.42 Å². The minimum Gasteiger partial charge on any atom is -0.397 e. The third-order valence-corrected chi connectivity index (χ3v) is 2.71. The standard InChI is InChI=1S/C11H17BrN2O2/c1-16-7-9(4-5-15)14-11-3-2-8(12)6-10(11)13/h2-3,6,9,14-15H,4-5,7,13H2,1H3. The van der Waals surface area contributed by atoms with Gasteiger partial charge < -0.3 is 20.9 Å². The minimum absolute atomic E-state index is 0.0680. The van der Waals surface area contributed by atoms with E-state index < -0.39 is 0 Å². The molecule has 1 aromatic rings. The highest BCUT2D eigenvalue weighted by Crippen LogP contribution is 2.23. The first kappa shape index (κ1) is 13.3. The van der Waals surface area contributed by atoms with Crippen LogP contribution < -0.4 is 11.1 Å². The van der Waals surface area contributed by atoms with E-state index in [-0.39, 0.29) is 12.6 Å². The lowest BCUT2D eigenvalue weighted by Gasteiger charge is -2.19. The molecule has 5 heteroatoms. The number of halogens is 1. The van der Waals surface area contributed by atoms with Crippen LogP contribution in [-0.2, 0) is 4.74 Å². The van der Waals surface area contributed by atoms with Gasteiger partial charge in [-0.25, -0.2) is 0 Å². The fourth-order valence-electron chi connectivity index (χ4n) is 1.44. The summed E-state index contributed by atoms with van der Waals surface area (Å²) < 4.78 is 6.01. The highest BCUT2D eigenvalue weighted by Gasteiger charge is 2.09. The van der Waals surface area contributed by atoms with E-state index in [0.717, 1.165) is 10.2 Å². The number of hydrogen-bond donors (Lipinski definition) is 3. The molecule has 16 heavy (non-hydrogen) atoms. The van der Waals surface area contributed by atoms with Gasteiger partial charge in [-0.05, 0) is 24.6 Å². The molecule has 0 aliphatic heterocycles. The van der Waals surface area contributed by atoms with Crippen molar-refractivity contribution < 1.29 is 9.84 Å². The quantitative estimate of drug-likeness (QED) is 0.699. The topological polar surface area (TPSA) is 67.5 Å². The molecule has 1 rings (SSSR count). The van der Waals surface area contributed by atoms with Gasteiger partial charge in [-0.1, -0.05) is 15.9 Å². The molecule has 4 N–H and O–H groups in total. The number of ether oxygens (including phenoxy) is 1. The SMILES string of the molecule is COCC(CCO)Nc1ccc(Br)cc1N. The number of rotatable bonds is 6. The molecule has 0 saturated heterocycles. The molecular weight excluding hydrogens is 272 g/mol. The van der Waals surface area contributed by atoms with Crippen molar-refractivity contribution in [3.63, 3.8) is 0 Å². The highest BCUT2D eigenvalue weighted by molar-refractivity contribution is 9.10. The van der Waals surface area contributed by atoms with Crippen LogP contribution in [0.2, 0.25) is 0 Å². The van der Waals surface area contributed by atoms with E-state index in [1.807, 2.05) is 18.2 Å². The number of nitrogens with two attached hydrogens (primary N) is 1. The van der Waals surface area contributed by atoms with Gasteiger partial charge in [-0.15, -0.1) is 0 Å². The maximum atomic E-state index is 8.92. The molecule has 0 radical (unpaired) electrons. The van der Waals surface area contributed by atoms with Crippen molar-refractivity contribution in [1.29, 1.82) is 0 Å². The largest absolute Gasteiger partial charge is 0.397 e. The second-order valence-corrected chi connectivity index (χ2v) is 4.46. The van der Waals surface area contributed by atoms with Gasteiger partial charge >= 0.3 is 0 Å². The first-order chi connectivity index (χ1) is 7.67. The van der Waals surface area contributed by atoms with Crippen LogP contribution in [0.15, 0.2) is 22.7 Å². The fraction of sp³-hybridized carbons (Fsp3) is 0.455. The number of aliphatic hydroxyl groups is 1. The van der Waals surface area contributed by atoms with Crippen molar-refractivity contribution in [1.82, 2.24) is 0 Å². The normalized spacial score (nSPS) is 12.4. The van der Waals surface area contributed by atoms with Crippen LogP contribution in [0, 0.1) is 0 Å².